The second-order valence-electron chi connectivity index (χ2n) is 5.41. The third-order valence-electron chi connectivity index (χ3n) is 3.76. The van der Waals surface area contributed by atoms with Crippen molar-refractivity contribution in [2.45, 2.75) is 0 Å². The number of halogens is 1. The molecule has 7 heteroatoms. The molecule has 0 aliphatic heterocycles. The summed E-state index contributed by atoms with van der Waals surface area (Å²) < 4.78 is 1.80. The maximum atomic E-state index is 5.95. The minimum absolute atomic E-state index is 0.515. The Morgan fingerprint density at radius 2 is 1.72 bits per heavy atom. The summed E-state index contributed by atoms with van der Waals surface area (Å²) in [5.74, 6) is 1.19. The van der Waals surface area contributed by atoms with Crippen molar-refractivity contribution in [3.05, 3.63) is 65.8 Å². The predicted octanol–water partition coefficient (Wildman–Crippen LogP) is 4.25. The smallest absolute Gasteiger partial charge is 0.226 e. The van der Waals surface area contributed by atoms with Crippen molar-refractivity contribution < 1.29 is 0 Å². The molecule has 0 saturated heterocycles. The van der Waals surface area contributed by atoms with E-state index >= 15 is 0 Å². The largest absolute Gasteiger partial charge is 0.357 e. The normalized spacial score (nSPS) is 10.8. The van der Waals surface area contributed by atoms with E-state index in [0.29, 0.717) is 16.8 Å². The molecule has 0 bridgehead atoms. The van der Waals surface area contributed by atoms with E-state index in [4.69, 9.17) is 11.6 Å². The van der Waals surface area contributed by atoms with Crippen LogP contribution in [-0.4, -0.2) is 26.8 Å². The molecule has 0 unspecified atom stereocenters. The molecule has 0 saturated carbocycles. The molecule has 0 radical (unpaired) electrons. The van der Waals surface area contributed by atoms with Gasteiger partial charge in [-0.05, 0) is 36.4 Å². The molecule has 2 heterocycles. The summed E-state index contributed by atoms with van der Waals surface area (Å²) in [6, 6.07) is 17.3. The fraction of sp³-hybridized carbons (Fsp3) is 0.0556. The van der Waals surface area contributed by atoms with E-state index in [1.165, 1.54) is 0 Å². The van der Waals surface area contributed by atoms with Gasteiger partial charge in [0, 0.05) is 17.8 Å². The highest BCUT2D eigenvalue weighted by atomic mass is 35.5. The van der Waals surface area contributed by atoms with Crippen molar-refractivity contribution in [3.8, 4) is 5.69 Å². The number of rotatable bonds is 4. The molecule has 25 heavy (non-hydrogen) atoms. The van der Waals surface area contributed by atoms with Crippen LogP contribution in [0.15, 0.2) is 60.8 Å². The molecule has 0 atom stereocenters. The van der Waals surface area contributed by atoms with Crippen LogP contribution in [-0.2, 0) is 0 Å². The Balaban J connectivity index is 1.84. The average Bonchev–Trinajstić information content (AvgIpc) is 3.08. The van der Waals surface area contributed by atoms with Crippen LogP contribution >= 0.6 is 11.6 Å². The number of hydrogen-bond acceptors (Lipinski definition) is 5. The first-order chi connectivity index (χ1) is 12.2. The molecule has 2 aromatic carbocycles. The van der Waals surface area contributed by atoms with Crippen LogP contribution in [0.25, 0.3) is 16.7 Å². The molecule has 0 fully saturated rings. The van der Waals surface area contributed by atoms with Crippen molar-refractivity contribution in [3.63, 3.8) is 0 Å². The van der Waals surface area contributed by atoms with Crippen LogP contribution in [0, 0.1) is 0 Å². The monoisotopic (exact) mass is 350 g/mol. The summed E-state index contributed by atoms with van der Waals surface area (Å²) in [4.78, 5) is 9.09. The number of fused-ring (bicyclic) bond motifs is 1. The van der Waals surface area contributed by atoms with Crippen LogP contribution in [0.1, 0.15) is 0 Å². The molecule has 0 spiro atoms. The van der Waals surface area contributed by atoms with E-state index in [1.54, 1.807) is 17.9 Å². The lowest BCUT2D eigenvalue weighted by molar-refractivity contribution is 0.896. The second-order valence-corrected chi connectivity index (χ2v) is 5.84. The van der Waals surface area contributed by atoms with Gasteiger partial charge in [-0.2, -0.15) is 15.1 Å². The molecular weight excluding hydrogens is 336 g/mol. The van der Waals surface area contributed by atoms with E-state index in [-0.39, 0.29) is 0 Å². The molecule has 0 aliphatic carbocycles. The molecule has 2 N–H and O–H groups in total. The van der Waals surface area contributed by atoms with Gasteiger partial charge in [-0.15, -0.1) is 0 Å². The lowest BCUT2D eigenvalue weighted by Gasteiger charge is -2.09. The Kier molecular flexibility index (Phi) is 3.95. The van der Waals surface area contributed by atoms with Gasteiger partial charge < -0.3 is 10.6 Å². The van der Waals surface area contributed by atoms with Crippen LogP contribution in [0.2, 0.25) is 5.02 Å². The molecule has 4 rings (SSSR count). The highest BCUT2D eigenvalue weighted by molar-refractivity contribution is 6.30. The van der Waals surface area contributed by atoms with Crippen molar-refractivity contribution in [1.82, 2.24) is 19.7 Å². The van der Waals surface area contributed by atoms with Crippen LogP contribution in [0.4, 0.5) is 17.5 Å². The van der Waals surface area contributed by atoms with E-state index in [9.17, 15) is 0 Å². The first-order valence-corrected chi connectivity index (χ1v) is 8.14. The number of para-hydroxylation sites is 1. The van der Waals surface area contributed by atoms with Gasteiger partial charge in [0.05, 0.1) is 17.3 Å². The van der Waals surface area contributed by atoms with Gasteiger partial charge in [0.25, 0.3) is 0 Å². The minimum atomic E-state index is 0.515. The third-order valence-corrected chi connectivity index (χ3v) is 4.01. The van der Waals surface area contributed by atoms with Gasteiger partial charge in [-0.25, -0.2) is 4.68 Å². The zero-order chi connectivity index (χ0) is 17.2. The predicted molar refractivity (Wildman–Crippen MR) is 101 cm³/mol. The van der Waals surface area contributed by atoms with E-state index < -0.39 is 0 Å². The number of benzene rings is 2. The average molecular weight is 351 g/mol. The lowest BCUT2D eigenvalue weighted by atomic mass is 10.3. The van der Waals surface area contributed by atoms with Crippen molar-refractivity contribution in [1.29, 1.82) is 0 Å². The first-order valence-electron chi connectivity index (χ1n) is 7.76. The summed E-state index contributed by atoms with van der Waals surface area (Å²) in [6.07, 6.45) is 1.76. The Morgan fingerprint density at radius 3 is 2.44 bits per heavy atom. The summed E-state index contributed by atoms with van der Waals surface area (Å²) in [5.41, 5.74) is 2.55. The fourth-order valence-corrected chi connectivity index (χ4v) is 2.67. The van der Waals surface area contributed by atoms with Gasteiger partial charge in [-0.1, -0.05) is 29.8 Å². The third kappa shape index (κ3) is 2.99. The number of nitrogens with zero attached hydrogens (tertiary/aromatic N) is 4. The molecule has 0 aliphatic rings. The zero-order valence-corrected chi connectivity index (χ0v) is 14.2. The standard InChI is InChI=1S/C18H15ClN6/c1-20-18-23-16(22-13-9-7-12(19)8-10-13)15-11-21-25(17(15)24-18)14-5-3-2-4-6-14/h2-11H,1H3,(H2,20,22,23,24). The summed E-state index contributed by atoms with van der Waals surface area (Å²) >= 11 is 5.95. The molecular formula is C18H15ClN6. The van der Waals surface area contributed by atoms with Crippen LogP contribution < -0.4 is 10.6 Å². The van der Waals surface area contributed by atoms with E-state index in [2.05, 4.69) is 25.7 Å². The Labute approximate surface area is 149 Å². The highest BCUT2D eigenvalue weighted by Gasteiger charge is 2.14. The Bertz CT molecular complexity index is 1010. The quantitative estimate of drug-likeness (QED) is 0.575. The molecule has 2 aromatic heterocycles. The van der Waals surface area contributed by atoms with Gasteiger partial charge in [0.1, 0.15) is 5.82 Å². The first kappa shape index (κ1) is 15.4. The molecule has 0 amide bonds. The number of nitrogens with one attached hydrogen (secondary N) is 2. The summed E-state index contributed by atoms with van der Waals surface area (Å²) in [5, 5.41) is 12.3. The van der Waals surface area contributed by atoms with Gasteiger partial charge >= 0.3 is 0 Å². The Hall–Kier alpha value is -3.12. The maximum Gasteiger partial charge on any atom is 0.226 e. The second kappa shape index (κ2) is 6.41. The molecule has 124 valence electrons. The maximum absolute atomic E-state index is 5.95. The van der Waals surface area contributed by atoms with Gasteiger partial charge in [0.15, 0.2) is 5.65 Å². The van der Waals surface area contributed by atoms with Crippen molar-refractivity contribution in [2.75, 3.05) is 17.7 Å². The number of aromatic nitrogens is 4. The Morgan fingerprint density at radius 1 is 0.960 bits per heavy atom. The highest BCUT2D eigenvalue weighted by Crippen LogP contribution is 2.27. The summed E-state index contributed by atoms with van der Waals surface area (Å²) in [7, 11) is 1.79. The number of anilines is 3. The lowest BCUT2D eigenvalue weighted by Crippen LogP contribution is -2.04. The van der Waals surface area contributed by atoms with Crippen LogP contribution in [0.3, 0.4) is 0 Å². The zero-order valence-electron chi connectivity index (χ0n) is 13.4. The molecule has 6 nitrogen and oxygen atoms in total. The van der Waals surface area contributed by atoms with Crippen molar-refractivity contribution >= 4 is 40.1 Å². The van der Waals surface area contributed by atoms with Crippen LogP contribution in [0.5, 0.6) is 0 Å². The van der Waals surface area contributed by atoms with Crippen molar-refractivity contribution in [2.24, 2.45) is 0 Å². The number of hydrogen-bond donors (Lipinski definition) is 2. The SMILES string of the molecule is CNc1nc(Nc2ccc(Cl)cc2)c2cnn(-c3ccccc3)c2n1. The van der Waals surface area contributed by atoms with E-state index in [0.717, 1.165) is 22.4 Å². The fourth-order valence-electron chi connectivity index (χ4n) is 2.54. The molecule has 4 aromatic rings. The van der Waals surface area contributed by atoms with Gasteiger partial charge in [-0.3, -0.25) is 0 Å². The minimum Gasteiger partial charge on any atom is -0.357 e. The van der Waals surface area contributed by atoms with Gasteiger partial charge in [0.2, 0.25) is 5.95 Å². The van der Waals surface area contributed by atoms with E-state index in [1.807, 2.05) is 54.6 Å². The topological polar surface area (TPSA) is 67.7 Å². The summed E-state index contributed by atoms with van der Waals surface area (Å²) in [6.45, 7) is 0.